The highest BCUT2D eigenvalue weighted by Crippen LogP contribution is 2.28. The molecule has 0 spiro atoms. The van der Waals surface area contributed by atoms with E-state index < -0.39 is 0 Å². The maximum absolute atomic E-state index is 11.7. The SMILES string of the molecule is CC(=O)N1CCCC(CN2CCC(c3nnc4ccc(-n5cccn5)nn34)CC2)C1. The molecule has 158 valence electrons. The third-order valence-corrected chi connectivity index (χ3v) is 6.45. The maximum Gasteiger partial charge on any atom is 0.219 e. The lowest BCUT2D eigenvalue weighted by atomic mass is 9.93. The van der Waals surface area contributed by atoms with Crippen LogP contribution in [-0.2, 0) is 4.79 Å². The lowest BCUT2D eigenvalue weighted by molar-refractivity contribution is -0.130. The van der Waals surface area contributed by atoms with Crippen LogP contribution >= 0.6 is 0 Å². The Balaban J connectivity index is 1.24. The molecule has 0 saturated carbocycles. The maximum atomic E-state index is 11.7. The van der Waals surface area contributed by atoms with E-state index in [1.807, 2.05) is 33.8 Å². The summed E-state index contributed by atoms with van der Waals surface area (Å²) >= 11 is 0. The van der Waals surface area contributed by atoms with Crippen molar-refractivity contribution in [3.8, 4) is 5.82 Å². The summed E-state index contributed by atoms with van der Waals surface area (Å²) in [6.45, 7) is 6.69. The molecule has 5 rings (SSSR count). The van der Waals surface area contributed by atoms with E-state index >= 15 is 0 Å². The van der Waals surface area contributed by atoms with Crippen molar-refractivity contribution >= 4 is 11.6 Å². The number of piperidine rings is 2. The van der Waals surface area contributed by atoms with Gasteiger partial charge < -0.3 is 9.80 Å². The molecule has 3 aromatic heterocycles. The second kappa shape index (κ2) is 8.14. The highest BCUT2D eigenvalue weighted by molar-refractivity contribution is 5.73. The Kier molecular flexibility index (Phi) is 5.20. The van der Waals surface area contributed by atoms with Crippen molar-refractivity contribution in [2.24, 2.45) is 5.92 Å². The van der Waals surface area contributed by atoms with Gasteiger partial charge in [0.25, 0.3) is 0 Å². The number of carbonyl (C=O) groups excluding carboxylic acids is 1. The van der Waals surface area contributed by atoms with E-state index in [4.69, 9.17) is 5.10 Å². The summed E-state index contributed by atoms with van der Waals surface area (Å²) in [4.78, 5) is 16.3. The van der Waals surface area contributed by atoms with Crippen molar-refractivity contribution in [1.82, 2.24) is 39.4 Å². The van der Waals surface area contributed by atoms with Gasteiger partial charge in [0, 0.05) is 44.9 Å². The molecule has 0 radical (unpaired) electrons. The Morgan fingerprint density at radius 3 is 2.77 bits per heavy atom. The molecule has 0 aromatic carbocycles. The van der Waals surface area contributed by atoms with Gasteiger partial charge in [0.15, 0.2) is 17.3 Å². The zero-order valence-corrected chi connectivity index (χ0v) is 17.4. The van der Waals surface area contributed by atoms with Crippen molar-refractivity contribution in [3.05, 3.63) is 36.4 Å². The molecule has 0 N–H and O–H groups in total. The molecule has 1 amide bonds. The monoisotopic (exact) mass is 408 g/mol. The fourth-order valence-corrected chi connectivity index (χ4v) is 4.82. The van der Waals surface area contributed by atoms with Crippen LogP contribution in [0.15, 0.2) is 30.6 Å². The summed E-state index contributed by atoms with van der Waals surface area (Å²) in [5.41, 5.74) is 0.773. The molecule has 0 bridgehead atoms. The molecule has 1 unspecified atom stereocenters. The third-order valence-electron chi connectivity index (χ3n) is 6.45. The van der Waals surface area contributed by atoms with Crippen molar-refractivity contribution in [1.29, 1.82) is 0 Å². The van der Waals surface area contributed by atoms with Gasteiger partial charge in [-0.2, -0.15) is 9.61 Å². The Bertz CT molecular complexity index is 1010. The van der Waals surface area contributed by atoms with Gasteiger partial charge in [-0.3, -0.25) is 4.79 Å². The van der Waals surface area contributed by atoms with Crippen molar-refractivity contribution in [2.75, 3.05) is 32.7 Å². The van der Waals surface area contributed by atoms with E-state index in [1.165, 1.54) is 6.42 Å². The van der Waals surface area contributed by atoms with E-state index in [-0.39, 0.29) is 5.91 Å². The van der Waals surface area contributed by atoms with E-state index in [2.05, 4.69) is 20.2 Å². The molecule has 30 heavy (non-hydrogen) atoms. The molecular formula is C21H28N8O. The molecule has 5 heterocycles. The van der Waals surface area contributed by atoms with Gasteiger partial charge in [-0.15, -0.1) is 15.3 Å². The number of hydrogen-bond acceptors (Lipinski definition) is 6. The normalized spacial score (nSPS) is 21.4. The van der Waals surface area contributed by atoms with Crippen LogP contribution in [0.2, 0.25) is 0 Å². The molecular weight excluding hydrogens is 380 g/mol. The number of fused-ring (bicyclic) bond motifs is 1. The summed E-state index contributed by atoms with van der Waals surface area (Å²) in [6.07, 6.45) is 8.08. The number of nitrogens with zero attached hydrogens (tertiary/aromatic N) is 8. The van der Waals surface area contributed by atoms with Crippen LogP contribution in [0.3, 0.4) is 0 Å². The zero-order valence-electron chi connectivity index (χ0n) is 17.4. The van der Waals surface area contributed by atoms with Crippen LogP contribution in [0.4, 0.5) is 0 Å². The topological polar surface area (TPSA) is 84.5 Å². The molecule has 3 aromatic rings. The average Bonchev–Trinajstić information content (AvgIpc) is 3.44. The van der Waals surface area contributed by atoms with Crippen molar-refractivity contribution in [2.45, 2.75) is 38.5 Å². The second-order valence-corrected chi connectivity index (χ2v) is 8.52. The minimum Gasteiger partial charge on any atom is -0.343 e. The molecule has 0 aliphatic carbocycles. The van der Waals surface area contributed by atoms with E-state index in [9.17, 15) is 4.79 Å². The highest BCUT2D eigenvalue weighted by Gasteiger charge is 2.28. The van der Waals surface area contributed by atoms with Crippen LogP contribution in [-0.4, -0.2) is 78.0 Å². The first-order valence-corrected chi connectivity index (χ1v) is 10.9. The van der Waals surface area contributed by atoms with E-state index in [1.54, 1.807) is 17.8 Å². The Morgan fingerprint density at radius 2 is 2.00 bits per heavy atom. The summed E-state index contributed by atoms with van der Waals surface area (Å²) in [6, 6.07) is 5.74. The molecule has 2 aliphatic rings. The summed E-state index contributed by atoms with van der Waals surface area (Å²) in [5.74, 6) is 2.86. The lowest BCUT2D eigenvalue weighted by Gasteiger charge is -2.37. The van der Waals surface area contributed by atoms with Gasteiger partial charge in [0.2, 0.25) is 5.91 Å². The van der Waals surface area contributed by atoms with Gasteiger partial charge in [-0.05, 0) is 62.9 Å². The minimum atomic E-state index is 0.207. The predicted molar refractivity (Wildman–Crippen MR) is 111 cm³/mol. The standard InChI is InChI=1S/C21H28N8O/c1-16(30)27-10-2-4-17(15-27)14-26-12-7-18(8-13-26)21-24-23-19-5-6-20(25-29(19)21)28-11-3-9-22-28/h3,5-6,9,11,17-18H,2,4,7-8,10,12-15H2,1H3. The van der Waals surface area contributed by atoms with Gasteiger partial charge in [-0.25, -0.2) is 4.68 Å². The number of rotatable bonds is 4. The Morgan fingerprint density at radius 1 is 1.13 bits per heavy atom. The first-order valence-electron chi connectivity index (χ1n) is 10.9. The predicted octanol–water partition coefficient (Wildman–Crippen LogP) is 1.75. The Labute approximate surface area is 175 Å². The lowest BCUT2D eigenvalue weighted by Crippen LogP contribution is -2.44. The molecule has 9 heteroatoms. The zero-order chi connectivity index (χ0) is 20.5. The first kappa shape index (κ1) is 19.2. The minimum absolute atomic E-state index is 0.207. The van der Waals surface area contributed by atoms with Gasteiger partial charge in [-0.1, -0.05) is 0 Å². The van der Waals surface area contributed by atoms with Gasteiger partial charge in [0.05, 0.1) is 0 Å². The number of amides is 1. The molecule has 2 fully saturated rings. The molecule has 2 aliphatic heterocycles. The largest absolute Gasteiger partial charge is 0.343 e. The average molecular weight is 409 g/mol. The Hall–Kier alpha value is -2.81. The molecule has 9 nitrogen and oxygen atoms in total. The number of aromatic nitrogens is 6. The van der Waals surface area contributed by atoms with Crippen LogP contribution in [0.1, 0.15) is 44.3 Å². The van der Waals surface area contributed by atoms with Crippen molar-refractivity contribution in [3.63, 3.8) is 0 Å². The summed E-state index contributed by atoms with van der Waals surface area (Å²) in [5, 5.41) is 17.8. The molecule has 2 saturated heterocycles. The van der Waals surface area contributed by atoms with E-state index in [0.29, 0.717) is 11.8 Å². The first-order chi connectivity index (χ1) is 14.7. The van der Waals surface area contributed by atoms with Gasteiger partial charge in [0.1, 0.15) is 0 Å². The van der Waals surface area contributed by atoms with Crippen molar-refractivity contribution < 1.29 is 4.79 Å². The van der Waals surface area contributed by atoms with E-state index in [0.717, 1.165) is 69.3 Å². The number of hydrogen-bond donors (Lipinski definition) is 0. The van der Waals surface area contributed by atoms with Crippen LogP contribution in [0, 0.1) is 5.92 Å². The quantitative estimate of drug-likeness (QED) is 0.654. The molecule has 1 atom stereocenters. The van der Waals surface area contributed by atoms with Crippen LogP contribution in [0.25, 0.3) is 11.5 Å². The second-order valence-electron chi connectivity index (χ2n) is 8.52. The number of likely N-dealkylation sites (tertiary alicyclic amines) is 2. The fourth-order valence-electron chi connectivity index (χ4n) is 4.82. The fraction of sp³-hybridized carbons (Fsp3) is 0.571. The van der Waals surface area contributed by atoms with Gasteiger partial charge >= 0.3 is 0 Å². The summed E-state index contributed by atoms with van der Waals surface area (Å²) < 4.78 is 3.63. The van der Waals surface area contributed by atoms with Crippen LogP contribution in [0.5, 0.6) is 0 Å². The number of carbonyl (C=O) groups is 1. The highest BCUT2D eigenvalue weighted by atomic mass is 16.2. The smallest absolute Gasteiger partial charge is 0.219 e. The summed E-state index contributed by atoms with van der Waals surface area (Å²) in [7, 11) is 0. The van der Waals surface area contributed by atoms with Crippen LogP contribution < -0.4 is 0 Å². The third kappa shape index (κ3) is 3.81.